The van der Waals surface area contributed by atoms with Crippen molar-refractivity contribution in [2.24, 2.45) is 0 Å². The first-order valence-electron chi connectivity index (χ1n) is 7.21. The van der Waals surface area contributed by atoms with Crippen LogP contribution in [-0.2, 0) is 13.1 Å². The van der Waals surface area contributed by atoms with Crippen molar-refractivity contribution in [2.45, 2.75) is 32.7 Å². The quantitative estimate of drug-likeness (QED) is 0.595. The molecule has 0 saturated carbocycles. The van der Waals surface area contributed by atoms with E-state index in [1.54, 1.807) is 4.57 Å². The molecule has 0 spiro atoms. The van der Waals surface area contributed by atoms with Crippen molar-refractivity contribution in [3.63, 3.8) is 0 Å². The Bertz CT molecular complexity index is 821. The maximum Gasteiger partial charge on any atom is 0.261 e. The van der Waals surface area contributed by atoms with E-state index in [-0.39, 0.29) is 5.56 Å². The van der Waals surface area contributed by atoms with Gasteiger partial charge in [-0.15, -0.1) is 5.54 Å². The molecule has 0 radical (unpaired) electrons. The van der Waals surface area contributed by atoms with Crippen LogP contribution in [0.2, 0.25) is 19.6 Å². The van der Waals surface area contributed by atoms with Gasteiger partial charge in [0.25, 0.3) is 5.56 Å². The second-order valence-corrected chi connectivity index (χ2v) is 11.1. The Hall–Kier alpha value is -1.90. The summed E-state index contributed by atoms with van der Waals surface area (Å²) in [5.74, 6) is 4.04. The van der Waals surface area contributed by atoms with Crippen molar-refractivity contribution in [1.29, 1.82) is 0 Å². The van der Waals surface area contributed by atoms with Crippen molar-refractivity contribution in [2.75, 3.05) is 6.54 Å². The molecule has 1 N–H and O–H groups in total. The summed E-state index contributed by atoms with van der Waals surface area (Å²) in [7, 11) is -1.40. The van der Waals surface area contributed by atoms with E-state index in [1.807, 2.05) is 18.2 Å². The molecular weight excluding hydrogens is 278 g/mol. The van der Waals surface area contributed by atoms with E-state index in [1.165, 1.54) is 0 Å². The minimum Gasteiger partial charge on any atom is -0.308 e. The van der Waals surface area contributed by atoms with Crippen molar-refractivity contribution in [1.82, 2.24) is 14.9 Å². The molecule has 1 aromatic heterocycles. The van der Waals surface area contributed by atoms with Crippen LogP contribution in [0.15, 0.2) is 23.0 Å². The van der Waals surface area contributed by atoms with Gasteiger partial charge in [0.15, 0.2) is 0 Å². The zero-order valence-corrected chi connectivity index (χ0v) is 13.7. The molecule has 108 valence electrons. The van der Waals surface area contributed by atoms with Crippen molar-refractivity contribution in [3.8, 4) is 11.5 Å². The van der Waals surface area contributed by atoms with Gasteiger partial charge in [-0.3, -0.25) is 9.36 Å². The predicted molar refractivity (Wildman–Crippen MR) is 87.9 cm³/mol. The number of rotatable bonds is 0. The highest BCUT2D eigenvalue weighted by molar-refractivity contribution is 6.83. The highest BCUT2D eigenvalue weighted by atomic mass is 28.3. The molecule has 1 aliphatic rings. The van der Waals surface area contributed by atoms with E-state index in [2.05, 4.69) is 41.4 Å². The van der Waals surface area contributed by atoms with E-state index in [0.717, 1.165) is 23.4 Å². The molecule has 5 heteroatoms. The fraction of sp³-hybridized carbons (Fsp3) is 0.375. The topological polar surface area (TPSA) is 46.9 Å². The van der Waals surface area contributed by atoms with Crippen LogP contribution in [-0.4, -0.2) is 24.2 Å². The molecule has 3 rings (SSSR count). The first-order valence-corrected chi connectivity index (χ1v) is 10.7. The zero-order valence-electron chi connectivity index (χ0n) is 12.7. The molecular formula is C16H19N3OSi. The van der Waals surface area contributed by atoms with Gasteiger partial charge in [0.05, 0.1) is 17.4 Å². The molecule has 21 heavy (non-hydrogen) atoms. The minimum atomic E-state index is -1.40. The second kappa shape index (κ2) is 5.13. The van der Waals surface area contributed by atoms with Crippen LogP contribution in [0.25, 0.3) is 10.9 Å². The third-order valence-corrected chi connectivity index (χ3v) is 4.29. The van der Waals surface area contributed by atoms with Crippen molar-refractivity contribution < 1.29 is 0 Å². The number of nitrogens with zero attached hydrogens (tertiary/aromatic N) is 2. The molecule has 4 nitrogen and oxygen atoms in total. The Labute approximate surface area is 125 Å². The lowest BCUT2D eigenvalue weighted by Gasteiger charge is -2.18. The summed E-state index contributed by atoms with van der Waals surface area (Å²) in [6.45, 7) is 8.80. The number of aromatic nitrogens is 2. The first-order chi connectivity index (χ1) is 9.94. The van der Waals surface area contributed by atoms with Crippen molar-refractivity contribution >= 4 is 19.0 Å². The monoisotopic (exact) mass is 297 g/mol. The summed E-state index contributed by atoms with van der Waals surface area (Å²) >= 11 is 0. The standard InChI is InChI=1S/C16H19N3OSi/c1-21(2,3)9-6-12-4-5-13-14(10-12)18-15-11-17-7-8-19(15)16(13)20/h4-5,10,17H,7-8,11H2,1-3H3. The number of hydrogen-bond acceptors (Lipinski definition) is 3. The SMILES string of the molecule is C[Si](C)(C)C#Cc1ccc2c(=O)n3c(nc2c1)CNCC3. The maximum atomic E-state index is 12.5. The number of nitrogens with one attached hydrogen (secondary N) is 1. The minimum absolute atomic E-state index is 0.0567. The summed E-state index contributed by atoms with van der Waals surface area (Å²) in [4.78, 5) is 17.1. The maximum absolute atomic E-state index is 12.5. The molecule has 0 aliphatic carbocycles. The first kappa shape index (κ1) is 14.1. The third kappa shape index (κ3) is 2.92. The molecule has 0 amide bonds. The van der Waals surface area contributed by atoms with Gasteiger partial charge in [0.2, 0.25) is 0 Å². The van der Waals surface area contributed by atoms with E-state index in [0.29, 0.717) is 18.5 Å². The van der Waals surface area contributed by atoms with Crippen LogP contribution in [0.1, 0.15) is 11.4 Å². The highest BCUT2D eigenvalue weighted by Crippen LogP contribution is 2.12. The van der Waals surface area contributed by atoms with Crippen molar-refractivity contribution in [3.05, 3.63) is 39.9 Å². The predicted octanol–water partition coefficient (Wildman–Crippen LogP) is 1.73. The van der Waals surface area contributed by atoms with E-state index in [9.17, 15) is 4.79 Å². The van der Waals surface area contributed by atoms with Gasteiger partial charge < -0.3 is 5.32 Å². The smallest absolute Gasteiger partial charge is 0.261 e. The van der Waals surface area contributed by atoms with Gasteiger partial charge in [-0.1, -0.05) is 25.6 Å². The fourth-order valence-corrected chi connectivity index (χ4v) is 2.88. The Morgan fingerprint density at radius 3 is 2.90 bits per heavy atom. The van der Waals surface area contributed by atoms with Crippen LogP contribution in [0, 0.1) is 11.5 Å². The van der Waals surface area contributed by atoms with Crippen LogP contribution >= 0.6 is 0 Å². The van der Waals surface area contributed by atoms with Crippen LogP contribution in [0.3, 0.4) is 0 Å². The summed E-state index contributed by atoms with van der Waals surface area (Å²) in [5, 5.41) is 3.93. The molecule has 0 saturated heterocycles. The lowest BCUT2D eigenvalue weighted by atomic mass is 10.1. The van der Waals surface area contributed by atoms with Gasteiger partial charge in [-0.2, -0.15) is 0 Å². The largest absolute Gasteiger partial charge is 0.308 e. The van der Waals surface area contributed by atoms with Gasteiger partial charge >= 0.3 is 0 Å². The Morgan fingerprint density at radius 2 is 2.14 bits per heavy atom. The Kier molecular flexibility index (Phi) is 3.44. The lowest BCUT2D eigenvalue weighted by molar-refractivity contribution is 0.486. The van der Waals surface area contributed by atoms with E-state index in [4.69, 9.17) is 0 Å². The highest BCUT2D eigenvalue weighted by Gasteiger charge is 2.14. The summed E-state index contributed by atoms with van der Waals surface area (Å²) in [6, 6.07) is 5.71. The number of hydrogen-bond donors (Lipinski definition) is 1. The summed E-state index contributed by atoms with van der Waals surface area (Å²) in [5.41, 5.74) is 5.09. The van der Waals surface area contributed by atoms with Gasteiger partial charge in [-0.25, -0.2) is 4.98 Å². The lowest BCUT2D eigenvalue weighted by Crippen LogP contribution is -2.37. The average molecular weight is 297 g/mol. The molecule has 2 aromatic rings. The summed E-state index contributed by atoms with van der Waals surface area (Å²) < 4.78 is 1.77. The van der Waals surface area contributed by atoms with E-state index < -0.39 is 8.07 Å². The van der Waals surface area contributed by atoms with Crippen LogP contribution in [0.5, 0.6) is 0 Å². The molecule has 2 heterocycles. The average Bonchev–Trinajstić information content (AvgIpc) is 2.44. The summed E-state index contributed by atoms with van der Waals surface area (Å²) in [6.07, 6.45) is 0. The molecule has 0 fully saturated rings. The molecule has 0 bridgehead atoms. The van der Waals surface area contributed by atoms with Crippen LogP contribution in [0.4, 0.5) is 0 Å². The Morgan fingerprint density at radius 1 is 1.33 bits per heavy atom. The Balaban J connectivity index is 2.14. The zero-order chi connectivity index (χ0) is 15.0. The third-order valence-electron chi connectivity index (χ3n) is 3.41. The molecule has 0 unspecified atom stereocenters. The van der Waals surface area contributed by atoms with Gasteiger partial charge in [0.1, 0.15) is 13.9 Å². The second-order valence-electron chi connectivity index (χ2n) is 6.39. The number of benzene rings is 1. The fourth-order valence-electron chi connectivity index (χ4n) is 2.36. The molecule has 1 aromatic carbocycles. The van der Waals surface area contributed by atoms with Gasteiger partial charge in [0, 0.05) is 18.7 Å². The molecule has 0 atom stereocenters. The van der Waals surface area contributed by atoms with Gasteiger partial charge in [-0.05, 0) is 18.2 Å². The van der Waals surface area contributed by atoms with Crippen LogP contribution < -0.4 is 10.9 Å². The van der Waals surface area contributed by atoms with E-state index >= 15 is 0 Å². The molecule has 1 aliphatic heterocycles. The normalized spacial score (nSPS) is 14.4. The number of fused-ring (bicyclic) bond motifs is 2.